The molecule has 3 heteroatoms. The summed E-state index contributed by atoms with van der Waals surface area (Å²) in [5, 5.41) is 8.02. The predicted molar refractivity (Wildman–Crippen MR) is 31.2 cm³/mol. The lowest BCUT2D eigenvalue weighted by molar-refractivity contribution is -0.216. The van der Waals surface area contributed by atoms with Gasteiger partial charge >= 0.3 is 6.11 Å². The highest BCUT2D eigenvalue weighted by Gasteiger charge is 2.31. The van der Waals surface area contributed by atoms with E-state index in [-0.39, 0.29) is 0 Å². The topological polar surface area (TPSA) is 20.2 Å². The molecule has 0 atom stereocenters. The third kappa shape index (κ3) is 7.82. The molecule has 56 valence electrons. The zero-order chi connectivity index (χ0) is 7.71. The summed E-state index contributed by atoms with van der Waals surface area (Å²) >= 11 is 0. The van der Waals surface area contributed by atoms with E-state index in [2.05, 4.69) is 0 Å². The molecular formula is C6H12F2O. The molecule has 0 aromatic heterocycles. The van der Waals surface area contributed by atoms with E-state index >= 15 is 0 Å². The first-order valence-corrected chi connectivity index (χ1v) is 2.81. The van der Waals surface area contributed by atoms with Gasteiger partial charge in [-0.1, -0.05) is 20.8 Å². The Morgan fingerprint density at radius 2 is 1.56 bits per heavy atom. The molecule has 0 saturated heterocycles. The standard InChI is InChI=1S/C6H12F2O/c1-5(2,3)4-6(7,8)9/h9H,4H2,1-3H3. The molecule has 0 aliphatic rings. The Bertz CT molecular complexity index is 76.2. The van der Waals surface area contributed by atoms with Gasteiger partial charge in [0.1, 0.15) is 0 Å². The summed E-state index contributed by atoms with van der Waals surface area (Å²) in [5.41, 5.74) is -0.516. The van der Waals surface area contributed by atoms with Gasteiger partial charge in [0, 0.05) is 6.42 Å². The Hall–Kier alpha value is -0.180. The molecule has 0 aliphatic heterocycles. The lowest BCUT2D eigenvalue weighted by Crippen LogP contribution is -2.23. The summed E-state index contributed by atoms with van der Waals surface area (Å²) in [7, 11) is 0. The minimum absolute atomic E-state index is 0.486. The maximum absolute atomic E-state index is 11.8. The van der Waals surface area contributed by atoms with Crippen LogP contribution < -0.4 is 0 Å². The van der Waals surface area contributed by atoms with E-state index < -0.39 is 17.9 Å². The lowest BCUT2D eigenvalue weighted by Gasteiger charge is -2.20. The molecule has 0 fully saturated rings. The van der Waals surface area contributed by atoms with Crippen LogP contribution in [0.1, 0.15) is 27.2 Å². The molecular weight excluding hydrogens is 126 g/mol. The maximum atomic E-state index is 11.8. The van der Waals surface area contributed by atoms with Crippen molar-refractivity contribution in [1.82, 2.24) is 0 Å². The molecule has 0 heterocycles. The normalized spacial score (nSPS) is 14.0. The molecule has 0 aliphatic carbocycles. The second-order valence-corrected chi connectivity index (χ2v) is 3.40. The van der Waals surface area contributed by atoms with Crippen LogP contribution in [0.2, 0.25) is 0 Å². The minimum atomic E-state index is -3.52. The Kier molecular flexibility index (Phi) is 2.17. The van der Waals surface area contributed by atoms with Crippen LogP contribution in [0.15, 0.2) is 0 Å². The second kappa shape index (κ2) is 2.21. The molecule has 0 spiro atoms. The van der Waals surface area contributed by atoms with Crippen LogP contribution in [-0.2, 0) is 0 Å². The van der Waals surface area contributed by atoms with Crippen molar-refractivity contribution < 1.29 is 13.9 Å². The van der Waals surface area contributed by atoms with Gasteiger partial charge in [0.25, 0.3) is 0 Å². The van der Waals surface area contributed by atoms with Crippen molar-refractivity contribution in [2.24, 2.45) is 5.41 Å². The van der Waals surface area contributed by atoms with Crippen LogP contribution >= 0.6 is 0 Å². The fourth-order valence-corrected chi connectivity index (χ4v) is 0.638. The van der Waals surface area contributed by atoms with E-state index in [9.17, 15) is 8.78 Å². The van der Waals surface area contributed by atoms with Gasteiger partial charge in [0.05, 0.1) is 0 Å². The highest BCUT2D eigenvalue weighted by Crippen LogP contribution is 2.28. The third-order valence-electron chi connectivity index (χ3n) is 0.743. The van der Waals surface area contributed by atoms with Crippen molar-refractivity contribution in [3.63, 3.8) is 0 Å². The van der Waals surface area contributed by atoms with Gasteiger partial charge in [-0.15, -0.1) is 0 Å². The molecule has 0 aromatic rings. The van der Waals surface area contributed by atoms with E-state index in [4.69, 9.17) is 5.11 Å². The summed E-state index contributed by atoms with van der Waals surface area (Å²) in [4.78, 5) is 0. The fraction of sp³-hybridized carbons (Fsp3) is 1.00. The van der Waals surface area contributed by atoms with Gasteiger partial charge in [-0.05, 0) is 5.41 Å². The van der Waals surface area contributed by atoms with E-state index in [0.29, 0.717) is 0 Å². The van der Waals surface area contributed by atoms with Crippen molar-refractivity contribution in [3.05, 3.63) is 0 Å². The highest BCUT2D eigenvalue weighted by molar-refractivity contribution is 4.65. The molecule has 1 N–H and O–H groups in total. The summed E-state index contributed by atoms with van der Waals surface area (Å²) < 4.78 is 23.5. The number of hydrogen-bond acceptors (Lipinski definition) is 1. The van der Waals surface area contributed by atoms with Crippen molar-refractivity contribution in [2.45, 2.75) is 33.3 Å². The van der Waals surface area contributed by atoms with Gasteiger partial charge in [-0.3, -0.25) is 0 Å². The maximum Gasteiger partial charge on any atom is 0.353 e. The lowest BCUT2D eigenvalue weighted by atomic mass is 9.92. The Labute approximate surface area is 53.7 Å². The van der Waals surface area contributed by atoms with Gasteiger partial charge < -0.3 is 5.11 Å². The van der Waals surface area contributed by atoms with E-state index in [1.807, 2.05) is 0 Å². The smallest absolute Gasteiger partial charge is 0.336 e. The Morgan fingerprint density at radius 3 is 1.56 bits per heavy atom. The molecule has 0 radical (unpaired) electrons. The Balaban J connectivity index is 3.75. The molecule has 1 nitrogen and oxygen atoms in total. The zero-order valence-electron chi connectivity index (χ0n) is 5.91. The molecule has 0 saturated carbocycles. The van der Waals surface area contributed by atoms with E-state index in [1.54, 1.807) is 20.8 Å². The van der Waals surface area contributed by atoms with Crippen molar-refractivity contribution >= 4 is 0 Å². The zero-order valence-corrected chi connectivity index (χ0v) is 5.91. The van der Waals surface area contributed by atoms with Crippen LogP contribution in [0.5, 0.6) is 0 Å². The first-order chi connectivity index (χ1) is 3.71. The number of alkyl halides is 2. The number of hydrogen-bond donors (Lipinski definition) is 1. The highest BCUT2D eigenvalue weighted by atomic mass is 19.3. The molecule has 0 unspecified atom stereocenters. The summed E-state index contributed by atoms with van der Waals surface area (Å²) in [6.45, 7) is 4.95. The first-order valence-electron chi connectivity index (χ1n) is 2.81. The largest absolute Gasteiger partial charge is 0.353 e. The third-order valence-corrected chi connectivity index (χ3v) is 0.743. The molecule has 0 aromatic carbocycles. The molecule has 0 bridgehead atoms. The monoisotopic (exact) mass is 138 g/mol. The minimum Gasteiger partial charge on any atom is -0.336 e. The molecule has 0 amide bonds. The summed E-state index contributed by atoms with van der Waals surface area (Å²) in [6.07, 6.45) is -4.00. The van der Waals surface area contributed by atoms with Crippen molar-refractivity contribution in [3.8, 4) is 0 Å². The van der Waals surface area contributed by atoms with Crippen LogP contribution in [0.4, 0.5) is 8.78 Å². The van der Waals surface area contributed by atoms with Gasteiger partial charge in [-0.25, -0.2) is 0 Å². The number of aliphatic hydroxyl groups is 1. The van der Waals surface area contributed by atoms with E-state index in [0.717, 1.165) is 0 Å². The Morgan fingerprint density at radius 1 is 1.22 bits per heavy atom. The van der Waals surface area contributed by atoms with Crippen LogP contribution in [0.3, 0.4) is 0 Å². The van der Waals surface area contributed by atoms with Gasteiger partial charge in [0.15, 0.2) is 0 Å². The van der Waals surface area contributed by atoms with Crippen molar-refractivity contribution in [1.29, 1.82) is 0 Å². The second-order valence-electron chi connectivity index (χ2n) is 3.40. The van der Waals surface area contributed by atoms with Crippen molar-refractivity contribution in [2.75, 3.05) is 0 Å². The first kappa shape index (κ1) is 8.82. The quantitative estimate of drug-likeness (QED) is 0.587. The summed E-state index contributed by atoms with van der Waals surface area (Å²) in [6, 6.07) is 0. The fourth-order valence-electron chi connectivity index (χ4n) is 0.638. The van der Waals surface area contributed by atoms with Crippen LogP contribution in [-0.4, -0.2) is 11.2 Å². The average molecular weight is 138 g/mol. The van der Waals surface area contributed by atoms with E-state index in [1.165, 1.54) is 0 Å². The average Bonchev–Trinajstić information content (AvgIpc) is 1.14. The van der Waals surface area contributed by atoms with Gasteiger partial charge in [0.2, 0.25) is 0 Å². The predicted octanol–water partition coefficient (Wildman–Crippen LogP) is 2.01. The SMILES string of the molecule is CC(C)(C)CC(O)(F)F. The number of halogens is 2. The summed E-state index contributed by atoms with van der Waals surface area (Å²) in [5.74, 6) is 0. The number of rotatable bonds is 1. The van der Waals surface area contributed by atoms with Crippen LogP contribution in [0.25, 0.3) is 0 Å². The van der Waals surface area contributed by atoms with Crippen LogP contribution in [0, 0.1) is 5.41 Å². The van der Waals surface area contributed by atoms with Gasteiger partial charge in [-0.2, -0.15) is 8.78 Å². The molecule has 9 heavy (non-hydrogen) atoms. The molecule has 0 rings (SSSR count).